The number of aryl methyl sites for hydroxylation is 2. The average molecular weight is 535 g/mol. The molecule has 0 spiro atoms. The van der Waals surface area contributed by atoms with Crippen LogP contribution in [-0.4, -0.2) is 31.5 Å². The third-order valence-electron chi connectivity index (χ3n) is 6.53. The zero-order chi connectivity index (χ0) is 27.3. The summed E-state index contributed by atoms with van der Waals surface area (Å²) in [5, 5.41) is 20.3. The third kappa shape index (κ3) is 4.47. The summed E-state index contributed by atoms with van der Waals surface area (Å²) in [5.41, 5.74) is -3.54. The van der Waals surface area contributed by atoms with Gasteiger partial charge in [0.25, 0.3) is 0 Å². The number of ether oxygens (including phenoxy) is 1. The lowest BCUT2D eigenvalue weighted by molar-refractivity contribution is -0.274. The van der Waals surface area contributed by atoms with Gasteiger partial charge in [0.1, 0.15) is 11.5 Å². The van der Waals surface area contributed by atoms with Gasteiger partial charge in [0.2, 0.25) is 0 Å². The Labute approximate surface area is 213 Å². The summed E-state index contributed by atoms with van der Waals surface area (Å²) in [4.78, 5) is 23.4. The number of carboxylic acid groups (broad SMARTS) is 1. The van der Waals surface area contributed by atoms with E-state index in [1.54, 1.807) is 0 Å². The fourth-order valence-electron chi connectivity index (χ4n) is 4.38. The zero-order valence-corrected chi connectivity index (χ0v) is 20.6. The first-order valence-corrected chi connectivity index (χ1v) is 11.4. The molecule has 7 nitrogen and oxygen atoms in total. The molecule has 1 aromatic heterocycles. The Bertz CT molecular complexity index is 1580. The molecule has 0 aliphatic heterocycles. The van der Waals surface area contributed by atoms with Gasteiger partial charge in [-0.15, -0.1) is 0 Å². The van der Waals surface area contributed by atoms with E-state index in [4.69, 9.17) is 21.4 Å². The SMILES string of the molecule is C[C@H](c1ccc(Oc2cccc(C(=O)O)c2)cc1Cl)C(O)(c1ccc2c(c1)n(C)c(=O)n2C)C(F)(F)F. The number of hydrogen-bond acceptors (Lipinski definition) is 4. The van der Waals surface area contributed by atoms with Crippen LogP contribution in [0.3, 0.4) is 0 Å². The molecule has 2 N–H and O–H groups in total. The molecule has 0 amide bonds. The number of hydrogen-bond donors (Lipinski definition) is 2. The Balaban J connectivity index is 1.74. The zero-order valence-electron chi connectivity index (χ0n) is 19.9. The summed E-state index contributed by atoms with van der Waals surface area (Å²) in [7, 11) is 2.94. The van der Waals surface area contributed by atoms with Crippen LogP contribution in [-0.2, 0) is 19.7 Å². The van der Waals surface area contributed by atoms with Gasteiger partial charge < -0.3 is 14.9 Å². The van der Waals surface area contributed by atoms with Crippen LogP contribution in [0.15, 0.2) is 65.5 Å². The Kier molecular flexibility index (Phi) is 6.60. The van der Waals surface area contributed by atoms with Gasteiger partial charge in [-0.1, -0.05) is 36.7 Å². The molecule has 3 aromatic carbocycles. The van der Waals surface area contributed by atoms with Gasteiger partial charge in [-0.25, -0.2) is 9.59 Å². The molecule has 0 saturated heterocycles. The molecule has 1 heterocycles. The van der Waals surface area contributed by atoms with Crippen LogP contribution < -0.4 is 10.4 Å². The van der Waals surface area contributed by atoms with Crippen LogP contribution >= 0.6 is 11.6 Å². The molecule has 0 aliphatic carbocycles. The summed E-state index contributed by atoms with van der Waals surface area (Å²) in [6.45, 7) is 1.21. The van der Waals surface area contributed by atoms with Gasteiger partial charge in [0, 0.05) is 25.0 Å². The fraction of sp³-hybridized carbons (Fsp3) is 0.231. The van der Waals surface area contributed by atoms with E-state index in [0.29, 0.717) is 5.52 Å². The first-order chi connectivity index (χ1) is 17.3. The molecule has 0 fully saturated rings. The van der Waals surface area contributed by atoms with Crippen LogP contribution in [0.2, 0.25) is 5.02 Å². The first-order valence-electron chi connectivity index (χ1n) is 11.0. The van der Waals surface area contributed by atoms with Crippen molar-refractivity contribution in [1.29, 1.82) is 0 Å². The Morgan fingerprint density at radius 3 is 2.24 bits per heavy atom. The van der Waals surface area contributed by atoms with Gasteiger partial charge in [0.05, 0.1) is 16.6 Å². The smallest absolute Gasteiger partial charge is 0.422 e. The van der Waals surface area contributed by atoms with Crippen LogP contribution in [0.4, 0.5) is 13.2 Å². The molecule has 4 aromatic rings. The van der Waals surface area contributed by atoms with Gasteiger partial charge in [-0.3, -0.25) is 9.13 Å². The highest BCUT2D eigenvalue weighted by Crippen LogP contribution is 2.50. The maximum absolute atomic E-state index is 14.5. The summed E-state index contributed by atoms with van der Waals surface area (Å²) >= 11 is 6.36. The third-order valence-corrected chi connectivity index (χ3v) is 6.85. The van der Waals surface area contributed by atoms with Crippen molar-refractivity contribution in [3.63, 3.8) is 0 Å². The van der Waals surface area contributed by atoms with Gasteiger partial charge in [-0.2, -0.15) is 13.2 Å². The standard InChI is InChI=1S/C26H22ClF3N2O5/c1-14(19-9-8-18(13-20(19)27)37-17-6-4-5-15(11-17)23(33)34)25(36,26(28,29)30)16-7-10-21-22(12-16)32(3)24(35)31(21)2/h4-14,36H,1-3H3,(H,33,34)/t14-,25?/m1/s1. The lowest BCUT2D eigenvalue weighted by atomic mass is 9.77. The maximum Gasteiger partial charge on any atom is 0.422 e. The number of aromatic nitrogens is 2. The molecular weight excluding hydrogens is 513 g/mol. The van der Waals surface area contributed by atoms with Crippen molar-refractivity contribution in [2.45, 2.75) is 24.6 Å². The number of rotatable bonds is 6. The van der Waals surface area contributed by atoms with Crippen LogP contribution in [0, 0.1) is 0 Å². The summed E-state index contributed by atoms with van der Waals surface area (Å²) in [5.74, 6) is -2.33. The Morgan fingerprint density at radius 2 is 1.62 bits per heavy atom. The predicted octanol–water partition coefficient (Wildman–Crippen LogP) is 5.57. The molecule has 11 heteroatoms. The number of aliphatic hydroxyl groups is 1. The molecule has 37 heavy (non-hydrogen) atoms. The number of nitrogens with zero attached hydrogens (tertiary/aromatic N) is 2. The normalized spacial score (nSPS) is 14.4. The topological polar surface area (TPSA) is 93.7 Å². The van der Waals surface area contributed by atoms with Crippen molar-refractivity contribution in [2.24, 2.45) is 14.1 Å². The Morgan fingerprint density at radius 1 is 0.973 bits per heavy atom. The highest BCUT2D eigenvalue weighted by molar-refractivity contribution is 6.31. The predicted molar refractivity (Wildman–Crippen MR) is 131 cm³/mol. The van der Waals surface area contributed by atoms with Crippen LogP contribution in [0.25, 0.3) is 11.0 Å². The minimum Gasteiger partial charge on any atom is -0.478 e. The number of aromatic carboxylic acids is 1. The maximum atomic E-state index is 14.5. The van der Waals surface area contributed by atoms with E-state index in [-0.39, 0.29) is 33.2 Å². The van der Waals surface area contributed by atoms with Crippen molar-refractivity contribution in [2.75, 3.05) is 0 Å². The van der Waals surface area contributed by atoms with Crippen LogP contribution in [0.5, 0.6) is 11.5 Å². The highest BCUT2D eigenvalue weighted by Gasteiger charge is 2.59. The van der Waals surface area contributed by atoms with E-state index in [1.165, 1.54) is 78.7 Å². The number of benzene rings is 3. The summed E-state index contributed by atoms with van der Waals surface area (Å²) < 4.78 is 51.6. The van der Waals surface area contributed by atoms with Gasteiger partial charge in [-0.05, 0) is 53.6 Å². The molecule has 0 saturated carbocycles. The summed E-state index contributed by atoms with van der Waals surface area (Å²) in [6.07, 6.45) is -5.09. The lowest BCUT2D eigenvalue weighted by Gasteiger charge is -2.37. The number of imidazole rings is 1. The largest absolute Gasteiger partial charge is 0.478 e. The number of carboxylic acids is 1. The number of fused-ring (bicyclic) bond motifs is 1. The minimum absolute atomic E-state index is 0.00281. The quantitative estimate of drug-likeness (QED) is 0.337. The van der Waals surface area contributed by atoms with Crippen molar-refractivity contribution < 1.29 is 32.9 Å². The van der Waals surface area contributed by atoms with E-state index in [0.717, 1.165) is 12.1 Å². The molecule has 2 atom stereocenters. The molecule has 0 aliphatic rings. The number of halogens is 4. The van der Waals surface area contributed by atoms with Gasteiger partial charge >= 0.3 is 17.8 Å². The first kappa shape index (κ1) is 26.3. The second-order valence-electron chi connectivity index (χ2n) is 8.71. The highest BCUT2D eigenvalue weighted by atomic mass is 35.5. The van der Waals surface area contributed by atoms with E-state index in [9.17, 15) is 27.9 Å². The van der Waals surface area contributed by atoms with E-state index >= 15 is 0 Å². The molecule has 4 rings (SSSR count). The van der Waals surface area contributed by atoms with E-state index in [2.05, 4.69) is 0 Å². The van der Waals surface area contributed by atoms with Crippen LogP contribution in [0.1, 0.15) is 34.3 Å². The van der Waals surface area contributed by atoms with Crippen molar-refractivity contribution >= 4 is 28.6 Å². The monoisotopic (exact) mass is 534 g/mol. The molecule has 1 unspecified atom stereocenters. The molecular formula is C26H22ClF3N2O5. The second-order valence-corrected chi connectivity index (χ2v) is 9.12. The second kappa shape index (κ2) is 9.28. The number of carbonyl (C=O) groups is 1. The summed E-state index contributed by atoms with van der Waals surface area (Å²) in [6, 6.07) is 13.3. The Hall–Kier alpha value is -3.76. The minimum atomic E-state index is -5.09. The number of alkyl halides is 3. The van der Waals surface area contributed by atoms with Crippen molar-refractivity contribution in [3.05, 3.63) is 92.9 Å². The average Bonchev–Trinajstić information content (AvgIpc) is 3.06. The molecule has 194 valence electrons. The van der Waals surface area contributed by atoms with E-state index < -0.39 is 34.9 Å². The molecule has 0 radical (unpaired) electrons. The van der Waals surface area contributed by atoms with Gasteiger partial charge in [0.15, 0.2) is 5.60 Å². The van der Waals surface area contributed by atoms with Crippen molar-refractivity contribution in [3.8, 4) is 11.5 Å². The lowest BCUT2D eigenvalue weighted by Crippen LogP contribution is -2.46. The van der Waals surface area contributed by atoms with Crippen molar-refractivity contribution in [1.82, 2.24) is 9.13 Å². The van der Waals surface area contributed by atoms with E-state index in [1.807, 2.05) is 0 Å². The fourth-order valence-corrected chi connectivity index (χ4v) is 4.71. The molecule has 0 bridgehead atoms.